The number of rotatable bonds is 5. The monoisotopic (exact) mass is 281 g/mol. The summed E-state index contributed by atoms with van der Waals surface area (Å²) in [5, 5.41) is 0.772. The summed E-state index contributed by atoms with van der Waals surface area (Å²) in [7, 11) is -5.65. The molecule has 0 aliphatic heterocycles. The minimum absolute atomic E-state index is 0.0319. The molecule has 96 valence electrons. The normalized spacial score (nSPS) is 13.2. The van der Waals surface area contributed by atoms with Gasteiger partial charge in [0.1, 0.15) is 0 Å². The Morgan fingerprint density at radius 2 is 1.69 bits per heavy atom. The Kier molecular flexibility index (Phi) is 5.52. The molecule has 0 aliphatic rings. The summed E-state index contributed by atoms with van der Waals surface area (Å²) in [5.41, 5.74) is -5.49. The van der Waals surface area contributed by atoms with Gasteiger partial charge in [0.15, 0.2) is 0 Å². The molecule has 16 heavy (non-hydrogen) atoms. The van der Waals surface area contributed by atoms with E-state index < -0.39 is 27.0 Å². The van der Waals surface area contributed by atoms with Gasteiger partial charge in [-0.3, -0.25) is 0 Å². The van der Waals surface area contributed by atoms with E-state index >= 15 is 0 Å². The summed E-state index contributed by atoms with van der Waals surface area (Å²) in [6.45, 7) is 2.81. The van der Waals surface area contributed by atoms with E-state index in [-0.39, 0.29) is 17.6 Å². The van der Waals surface area contributed by atoms with Crippen molar-refractivity contribution in [2.45, 2.75) is 19.4 Å². The smallest absolute Gasteiger partial charge is 0.207 e. The first-order chi connectivity index (χ1) is 7.22. The van der Waals surface area contributed by atoms with Crippen LogP contribution in [0.5, 0.6) is 0 Å². The predicted octanol–water partition coefficient (Wildman–Crippen LogP) is 0.706. The van der Waals surface area contributed by atoms with Crippen LogP contribution in [0.2, 0.25) is 0 Å². The van der Waals surface area contributed by atoms with E-state index in [1.54, 1.807) is 0 Å². The number of alkyl halides is 3. The van der Waals surface area contributed by atoms with Crippen molar-refractivity contribution in [3.05, 3.63) is 0 Å². The van der Waals surface area contributed by atoms with Crippen LogP contribution in [0.15, 0.2) is 4.47 Å². The lowest BCUT2D eigenvalue weighted by Crippen LogP contribution is -2.47. The molecule has 0 amide bonds. The maximum absolute atomic E-state index is 12.2. The Hall–Kier alpha value is -0.520. The Morgan fingerprint density at radius 3 is 1.94 bits per heavy atom. The molecule has 0 radical (unpaired) electrons. The topological polar surface area (TPSA) is 70.0 Å². The number of nitrogens with zero attached hydrogens (tertiary/aromatic N) is 3. The van der Waals surface area contributed by atoms with Crippen LogP contribution < -0.4 is 0 Å². The predicted molar refractivity (Wildman–Crippen MR) is 50.3 cm³/mol. The first-order valence-electron chi connectivity index (χ1n) is 4.08. The fraction of sp³-hybridized carbons (Fsp3) is 1.00. The van der Waals surface area contributed by atoms with Gasteiger partial charge in [-0.15, -0.1) is 0 Å². The molecular formula is C5H10F3N3O3S2. The zero-order valence-corrected chi connectivity index (χ0v) is 10.1. The van der Waals surface area contributed by atoms with E-state index in [1.165, 1.54) is 13.8 Å². The Morgan fingerprint density at radius 1 is 1.25 bits per heavy atom. The summed E-state index contributed by atoms with van der Waals surface area (Å²) in [6, 6.07) is 0. The zero-order chi connectivity index (χ0) is 13.0. The van der Waals surface area contributed by atoms with E-state index in [0.29, 0.717) is 0 Å². The highest BCUT2D eigenvalue weighted by Crippen LogP contribution is 2.27. The summed E-state index contributed by atoms with van der Waals surface area (Å²) < 4.78 is 71.2. The van der Waals surface area contributed by atoms with Crippen LogP contribution in [0.3, 0.4) is 0 Å². The molecule has 0 spiro atoms. The highest BCUT2D eigenvalue weighted by molar-refractivity contribution is 7.90. The lowest BCUT2D eigenvalue weighted by molar-refractivity contribution is -0.0597. The fourth-order valence-electron chi connectivity index (χ4n) is 0.834. The SMILES string of the molecule is CCN(CC)N(N=S=O)S(=O)(=O)C(F)(F)F. The number of hydrogen-bond donors (Lipinski definition) is 0. The molecule has 0 saturated carbocycles. The minimum atomic E-state index is -5.65. The Balaban J connectivity index is 5.47. The van der Waals surface area contributed by atoms with E-state index in [1.807, 2.05) is 0 Å². The Labute approximate surface area is 94.3 Å². The zero-order valence-electron chi connectivity index (χ0n) is 8.43. The summed E-state index contributed by atoms with van der Waals surface area (Å²) in [6.07, 6.45) is 0. The first kappa shape index (κ1) is 15.5. The van der Waals surface area contributed by atoms with Crippen LogP contribution in [0.1, 0.15) is 13.8 Å². The second-order valence-corrected chi connectivity index (χ2v) is 4.52. The average molecular weight is 281 g/mol. The van der Waals surface area contributed by atoms with Crippen molar-refractivity contribution < 1.29 is 25.8 Å². The summed E-state index contributed by atoms with van der Waals surface area (Å²) in [4.78, 5) is 0. The van der Waals surface area contributed by atoms with Gasteiger partial charge >= 0.3 is 15.5 Å². The summed E-state index contributed by atoms with van der Waals surface area (Å²) in [5.74, 6) is 0. The molecule has 6 nitrogen and oxygen atoms in total. The van der Waals surface area contributed by atoms with Crippen molar-refractivity contribution in [3.63, 3.8) is 0 Å². The molecule has 0 aliphatic carbocycles. The van der Waals surface area contributed by atoms with Gasteiger partial charge in [-0.05, 0) is 0 Å². The number of halogens is 3. The van der Waals surface area contributed by atoms with Crippen LogP contribution in [0.4, 0.5) is 13.2 Å². The van der Waals surface area contributed by atoms with E-state index in [2.05, 4.69) is 4.47 Å². The van der Waals surface area contributed by atoms with Gasteiger partial charge < -0.3 is 0 Å². The molecule has 0 rings (SSSR count). The van der Waals surface area contributed by atoms with Crippen molar-refractivity contribution in [1.29, 1.82) is 0 Å². The van der Waals surface area contributed by atoms with Gasteiger partial charge in [0.05, 0.1) is 0 Å². The maximum Gasteiger partial charge on any atom is 0.514 e. The highest BCUT2D eigenvalue weighted by Gasteiger charge is 2.52. The average Bonchev–Trinajstić information content (AvgIpc) is 2.16. The van der Waals surface area contributed by atoms with E-state index in [0.717, 1.165) is 5.01 Å². The van der Waals surface area contributed by atoms with Crippen LogP contribution in [0, 0.1) is 0 Å². The lowest BCUT2D eigenvalue weighted by Gasteiger charge is -2.26. The van der Waals surface area contributed by atoms with Crippen LogP contribution in [0.25, 0.3) is 0 Å². The first-order valence-corrected chi connectivity index (χ1v) is 6.22. The summed E-state index contributed by atoms with van der Waals surface area (Å²) >= 11 is -0.608. The van der Waals surface area contributed by atoms with E-state index in [4.69, 9.17) is 0 Å². The standard InChI is InChI=1S/C5H10F3N3O3S2/c1-3-10(4-2)11(9-15-12)16(13,14)5(6,7)8/h3-4H2,1-2H3. The Bertz CT molecular complexity index is 372. The molecule has 0 aromatic carbocycles. The second-order valence-electron chi connectivity index (χ2n) is 2.47. The van der Waals surface area contributed by atoms with Gasteiger partial charge in [-0.2, -0.15) is 25.8 Å². The molecule has 0 fully saturated rings. The second kappa shape index (κ2) is 5.70. The van der Waals surface area contributed by atoms with Crippen LogP contribution >= 0.6 is 0 Å². The maximum atomic E-state index is 12.2. The molecule has 0 heterocycles. The van der Waals surface area contributed by atoms with Crippen LogP contribution in [-0.2, 0) is 21.5 Å². The van der Waals surface area contributed by atoms with Crippen molar-refractivity contribution in [1.82, 2.24) is 9.53 Å². The molecule has 0 saturated heterocycles. The van der Waals surface area contributed by atoms with Gasteiger partial charge in [0.2, 0.25) is 11.5 Å². The van der Waals surface area contributed by atoms with Crippen molar-refractivity contribution in [2.24, 2.45) is 4.47 Å². The number of hydrazine groups is 1. The van der Waals surface area contributed by atoms with Gasteiger partial charge in [-0.1, -0.05) is 18.3 Å². The lowest BCUT2D eigenvalue weighted by atomic mass is 10.6. The number of sulfonamides is 1. The largest absolute Gasteiger partial charge is 0.514 e. The molecular weight excluding hydrogens is 271 g/mol. The van der Waals surface area contributed by atoms with Gasteiger partial charge in [0, 0.05) is 17.6 Å². The molecule has 0 unspecified atom stereocenters. The van der Waals surface area contributed by atoms with Gasteiger partial charge in [-0.25, -0.2) is 5.01 Å². The third-order valence-corrected chi connectivity index (χ3v) is 3.23. The highest BCUT2D eigenvalue weighted by atomic mass is 32.2. The molecule has 0 aromatic rings. The minimum Gasteiger partial charge on any atom is -0.207 e. The van der Waals surface area contributed by atoms with Crippen molar-refractivity contribution in [3.8, 4) is 0 Å². The quantitative estimate of drug-likeness (QED) is 0.696. The fourth-order valence-corrected chi connectivity index (χ4v) is 2.15. The molecule has 0 N–H and O–H groups in total. The third kappa shape index (κ3) is 3.23. The van der Waals surface area contributed by atoms with Crippen molar-refractivity contribution >= 4 is 21.5 Å². The van der Waals surface area contributed by atoms with Gasteiger partial charge in [0.25, 0.3) is 0 Å². The molecule has 0 bridgehead atoms. The van der Waals surface area contributed by atoms with Crippen molar-refractivity contribution in [2.75, 3.05) is 13.1 Å². The van der Waals surface area contributed by atoms with E-state index in [9.17, 15) is 25.8 Å². The molecule has 0 aromatic heterocycles. The molecule has 0 atom stereocenters. The third-order valence-electron chi connectivity index (χ3n) is 1.58. The van der Waals surface area contributed by atoms with Crippen LogP contribution in [-0.4, -0.2) is 40.8 Å². The number of hydrogen-bond acceptors (Lipinski definition) is 5. The molecule has 11 heteroatoms.